The van der Waals surface area contributed by atoms with Crippen molar-refractivity contribution in [1.29, 1.82) is 0 Å². The first-order valence-electron chi connectivity index (χ1n) is 8.52. The van der Waals surface area contributed by atoms with Gasteiger partial charge >= 0.3 is 0 Å². The average molecular weight is 385 g/mol. The van der Waals surface area contributed by atoms with Crippen molar-refractivity contribution in [3.05, 3.63) is 89.6 Å². The van der Waals surface area contributed by atoms with Gasteiger partial charge in [0.25, 0.3) is 0 Å². The highest BCUT2D eigenvalue weighted by atomic mass is 32.2. The molecule has 2 atom stereocenters. The van der Waals surface area contributed by atoms with Gasteiger partial charge < -0.3 is 14.8 Å². The zero-order chi connectivity index (χ0) is 19.2. The molecular formula is C21H20FNO3S. The normalized spacial score (nSPS) is 13.1. The number of amides is 1. The van der Waals surface area contributed by atoms with Gasteiger partial charge in [-0.3, -0.25) is 4.79 Å². The van der Waals surface area contributed by atoms with Crippen molar-refractivity contribution in [2.24, 2.45) is 0 Å². The van der Waals surface area contributed by atoms with E-state index in [2.05, 4.69) is 5.32 Å². The minimum absolute atomic E-state index is 0.0408. The van der Waals surface area contributed by atoms with Crippen LogP contribution in [0.5, 0.6) is 0 Å². The molecule has 0 radical (unpaired) electrons. The lowest BCUT2D eigenvalue weighted by molar-refractivity contribution is -0.121. The molecule has 3 rings (SSSR count). The summed E-state index contributed by atoms with van der Waals surface area (Å²) in [6.07, 6.45) is -0.921. The van der Waals surface area contributed by atoms with Crippen LogP contribution in [-0.2, 0) is 4.79 Å². The molecule has 0 fully saturated rings. The molecule has 0 saturated heterocycles. The number of aliphatic hydroxyl groups excluding tert-OH is 1. The Hall–Kier alpha value is -2.57. The molecule has 1 heterocycles. The van der Waals surface area contributed by atoms with E-state index in [4.69, 9.17) is 4.42 Å². The number of aliphatic hydroxyl groups is 1. The highest BCUT2D eigenvalue weighted by molar-refractivity contribution is 8.00. The fourth-order valence-electron chi connectivity index (χ4n) is 2.57. The van der Waals surface area contributed by atoms with Gasteiger partial charge in [0.05, 0.1) is 6.54 Å². The van der Waals surface area contributed by atoms with Crippen LogP contribution in [-0.4, -0.2) is 17.6 Å². The second kappa shape index (κ2) is 8.88. The molecular weight excluding hydrogens is 365 g/mol. The minimum atomic E-state index is -0.921. The average Bonchev–Trinajstić information content (AvgIpc) is 3.12. The van der Waals surface area contributed by atoms with Crippen LogP contribution in [0, 0.1) is 12.7 Å². The predicted octanol–water partition coefficient (Wildman–Crippen LogP) is 4.41. The van der Waals surface area contributed by atoms with Crippen LogP contribution in [0.4, 0.5) is 4.39 Å². The van der Waals surface area contributed by atoms with Gasteiger partial charge in [0.2, 0.25) is 5.91 Å². The van der Waals surface area contributed by atoms with Gasteiger partial charge in [0.15, 0.2) is 0 Å². The Morgan fingerprint density at radius 1 is 1.11 bits per heavy atom. The van der Waals surface area contributed by atoms with E-state index in [1.165, 1.54) is 23.9 Å². The monoisotopic (exact) mass is 385 g/mol. The van der Waals surface area contributed by atoms with E-state index < -0.39 is 11.4 Å². The summed E-state index contributed by atoms with van der Waals surface area (Å²) in [5.41, 5.74) is 0.827. The van der Waals surface area contributed by atoms with Crippen molar-refractivity contribution in [1.82, 2.24) is 5.32 Å². The van der Waals surface area contributed by atoms with Crippen LogP contribution in [0.25, 0.3) is 0 Å². The second-order valence-electron chi connectivity index (χ2n) is 6.07. The smallest absolute Gasteiger partial charge is 0.238 e. The van der Waals surface area contributed by atoms with Crippen LogP contribution in [0.15, 0.2) is 76.0 Å². The van der Waals surface area contributed by atoms with E-state index in [1.54, 1.807) is 31.2 Å². The highest BCUT2D eigenvalue weighted by Gasteiger charge is 2.23. The number of carbonyl (C=O) groups excluding carboxylic acids is 1. The molecule has 0 aliphatic rings. The molecule has 0 saturated carbocycles. The Morgan fingerprint density at radius 2 is 1.81 bits per heavy atom. The van der Waals surface area contributed by atoms with E-state index in [-0.39, 0.29) is 18.3 Å². The van der Waals surface area contributed by atoms with E-state index in [9.17, 15) is 14.3 Å². The summed E-state index contributed by atoms with van der Waals surface area (Å²) >= 11 is 1.33. The third-order valence-electron chi connectivity index (χ3n) is 3.97. The summed E-state index contributed by atoms with van der Waals surface area (Å²) in [5.74, 6) is 0.550. The van der Waals surface area contributed by atoms with Crippen molar-refractivity contribution in [2.75, 3.05) is 6.54 Å². The highest BCUT2D eigenvalue weighted by Crippen LogP contribution is 2.35. The first kappa shape index (κ1) is 19.2. The van der Waals surface area contributed by atoms with Crippen molar-refractivity contribution >= 4 is 17.7 Å². The topological polar surface area (TPSA) is 62.5 Å². The quantitative estimate of drug-likeness (QED) is 0.592. The number of halogens is 1. The predicted molar refractivity (Wildman–Crippen MR) is 103 cm³/mol. The van der Waals surface area contributed by atoms with Crippen molar-refractivity contribution < 1.29 is 18.7 Å². The van der Waals surface area contributed by atoms with Crippen molar-refractivity contribution in [3.63, 3.8) is 0 Å². The van der Waals surface area contributed by atoms with Crippen LogP contribution in [0.1, 0.15) is 28.4 Å². The van der Waals surface area contributed by atoms with Crippen LogP contribution in [0.3, 0.4) is 0 Å². The molecule has 1 aromatic heterocycles. The molecule has 27 heavy (non-hydrogen) atoms. The number of aryl methyl sites for hydroxylation is 1. The number of rotatable bonds is 7. The number of nitrogens with one attached hydrogen (secondary N) is 1. The van der Waals surface area contributed by atoms with Crippen molar-refractivity contribution in [2.45, 2.75) is 23.2 Å². The van der Waals surface area contributed by atoms with Gasteiger partial charge in [-0.25, -0.2) is 4.39 Å². The van der Waals surface area contributed by atoms with Gasteiger partial charge in [0, 0.05) is 4.90 Å². The van der Waals surface area contributed by atoms with E-state index >= 15 is 0 Å². The molecule has 2 unspecified atom stereocenters. The molecule has 140 valence electrons. The van der Waals surface area contributed by atoms with Gasteiger partial charge in [0.1, 0.15) is 28.7 Å². The zero-order valence-corrected chi connectivity index (χ0v) is 15.6. The molecule has 3 aromatic rings. The Balaban J connectivity index is 1.71. The number of thioether (sulfide) groups is 1. The van der Waals surface area contributed by atoms with Gasteiger partial charge in [-0.05, 0) is 48.9 Å². The van der Waals surface area contributed by atoms with Crippen LogP contribution in [0.2, 0.25) is 0 Å². The van der Waals surface area contributed by atoms with Gasteiger partial charge in [-0.1, -0.05) is 30.3 Å². The summed E-state index contributed by atoms with van der Waals surface area (Å²) in [4.78, 5) is 13.6. The number of hydrogen-bond donors (Lipinski definition) is 2. The fourth-order valence-corrected chi connectivity index (χ4v) is 3.62. The molecule has 2 aromatic carbocycles. The first-order chi connectivity index (χ1) is 13.0. The second-order valence-corrected chi connectivity index (χ2v) is 7.25. The maximum atomic E-state index is 13.2. The van der Waals surface area contributed by atoms with E-state index in [1.807, 2.05) is 30.3 Å². The summed E-state index contributed by atoms with van der Waals surface area (Å²) in [5, 5.41) is 12.4. The van der Waals surface area contributed by atoms with Gasteiger partial charge in [-0.15, -0.1) is 11.8 Å². The number of carbonyl (C=O) groups is 1. The Kier molecular flexibility index (Phi) is 6.32. The van der Waals surface area contributed by atoms with Crippen LogP contribution >= 0.6 is 11.8 Å². The molecule has 6 heteroatoms. The number of hydrogen-bond acceptors (Lipinski definition) is 4. The maximum Gasteiger partial charge on any atom is 0.238 e. The standard InChI is InChI=1S/C21H20FNO3S/c1-14-7-12-19(26-14)18(24)13-23-21(25)20(15-5-3-2-4-6-15)27-17-10-8-16(22)9-11-17/h2-12,18,20,24H,13H2,1H3,(H,23,25). The number of benzene rings is 2. The summed E-state index contributed by atoms with van der Waals surface area (Å²) in [6, 6.07) is 18.8. The Morgan fingerprint density at radius 3 is 2.44 bits per heavy atom. The summed E-state index contributed by atoms with van der Waals surface area (Å²) in [7, 11) is 0. The third-order valence-corrected chi connectivity index (χ3v) is 5.23. The fraction of sp³-hybridized carbons (Fsp3) is 0.190. The lowest BCUT2D eigenvalue weighted by Gasteiger charge is -2.18. The molecule has 0 spiro atoms. The maximum absolute atomic E-state index is 13.2. The Bertz CT molecular complexity index is 880. The van der Waals surface area contributed by atoms with Gasteiger partial charge in [-0.2, -0.15) is 0 Å². The zero-order valence-electron chi connectivity index (χ0n) is 14.8. The van der Waals surface area contributed by atoms with E-state index in [0.717, 1.165) is 10.5 Å². The largest absolute Gasteiger partial charge is 0.464 e. The minimum Gasteiger partial charge on any atom is -0.464 e. The molecule has 0 aliphatic carbocycles. The lowest BCUT2D eigenvalue weighted by Crippen LogP contribution is -2.31. The van der Waals surface area contributed by atoms with Crippen LogP contribution < -0.4 is 5.32 Å². The molecule has 1 amide bonds. The number of furan rings is 1. The summed E-state index contributed by atoms with van der Waals surface area (Å²) in [6.45, 7) is 1.83. The SMILES string of the molecule is Cc1ccc(C(O)CNC(=O)C(Sc2ccc(F)cc2)c2ccccc2)o1. The Labute approximate surface area is 161 Å². The molecule has 2 N–H and O–H groups in total. The van der Waals surface area contributed by atoms with E-state index in [0.29, 0.717) is 11.5 Å². The molecule has 0 bridgehead atoms. The first-order valence-corrected chi connectivity index (χ1v) is 9.40. The third kappa shape index (κ3) is 5.21. The summed E-state index contributed by atoms with van der Waals surface area (Å²) < 4.78 is 18.5. The molecule has 4 nitrogen and oxygen atoms in total. The van der Waals surface area contributed by atoms with Crippen molar-refractivity contribution in [3.8, 4) is 0 Å². The lowest BCUT2D eigenvalue weighted by atomic mass is 10.1. The molecule has 0 aliphatic heterocycles.